The molecule has 4 nitrogen and oxygen atoms in total. The molecular weight excluding hydrogens is 282 g/mol. The maximum Gasteiger partial charge on any atom is 0.411 e. The molecule has 2 rings (SSSR count). The fourth-order valence-electron chi connectivity index (χ4n) is 2.29. The van der Waals surface area contributed by atoms with Crippen molar-refractivity contribution in [2.24, 2.45) is 10.9 Å². The van der Waals surface area contributed by atoms with Crippen molar-refractivity contribution in [2.45, 2.75) is 37.2 Å². The molecular formula is C12H13F4NO3. The average molecular weight is 295 g/mol. The van der Waals surface area contributed by atoms with Gasteiger partial charge in [0, 0.05) is 6.21 Å². The normalized spacial score (nSPS) is 28.7. The summed E-state index contributed by atoms with van der Waals surface area (Å²) >= 11 is 0. The molecule has 2 aliphatic rings. The Morgan fingerprint density at radius 1 is 1.50 bits per heavy atom. The molecule has 0 bridgehead atoms. The summed E-state index contributed by atoms with van der Waals surface area (Å²) in [5.74, 6) is -2.37. The zero-order valence-corrected chi connectivity index (χ0v) is 10.4. The van der Waals surface area contributed by atoms with Crippen molar-refractivity contribution < 1.29 is 32.2 Å². The van der Waals surface area contributed by atoms with E-state index < -0.39 is 42.1 Å². The lowest BCUT2D eigenvalue weighted by Crippen LogP contribution is -2.48. The summed E-state index contributed by atoms with van der Waals surface area (Å²) in [4.78, 5) is 14.4. The van der Waals surface area contributed by atoms with E-state index >= 15 is 0 Å². The van der Waals surface area contributed by atoms with Crippen molar-refractivity contribution in [2.75, 3.05) is 6.61 Å². The topological polar surface area (TPSA) is 58.9 Å². The Hall–Kier alpha value is -1.44. The van der Waals surface area contributed by atoms with Gasteiger partial charge in [0.05, 0.1) is 12.0 Å². The van der Waals surface area contributed by atoms with Crippen molar-refractivity contribution in [3.05, 3.63) is 11.8 Å². The van der Waals surface area contributed by atoms with Crippen LogP contribution < -0.4 is 0 Å². The van der Waals surface area contributed by atoms with Gasteiger partial charge in [-0.25, -0.2) is 9.18 Å². The van der Waals surface area contributed by atoms with Gasteiger partial charge in [0.25, 0.3) is 0 Å². The molecule has 0 spiro atoms. The number of ether oxygens (including phenoxy) is 1. The van der Waals surface area contributed by atoms with Crippen molar-refractivity contribution in [3.63, 3.8) is 0 Å². The summed E-state index contributed by atoms with van der Waals surface area (Å²) in [7, 11) is 0. The van der Waals surface area contributed by atoms with Crippen LogP contribution in [0.5, 0.6) is 0 Å². The lowest BCUT2D eigenvalue weighted by molar-refractivity contribution is -0.188. The first-order chi connectivity index (χ1) is 9.21. The van der Waals surface area contributed by atoms with Gasteiger partial charge < -0.3 is 9.84 Å². The van der Waals surface area contributed by atoms with Gasteiger partial charge in [-0.1, -0.05) is 0 Å². The number of carbonyl (C=O) groups is 1. The van der Waals surface area contributed by atoms with Crippen molar-refractivity contribution in [1.82, 2.24) is 0 Å². The number of carboxylic acid groups (broad SMARTS) is 1. The highest BCUT2D eigenvalue weighted by atomic mass is 19.4. The molecule has 0 aromatic carbocycles. The van der Waals surface area contributed by atoms with Crippen molar-refractivity contribution in [1.29, 1.82) is 0 Å². The van der Waals surface area contributed by atoms with Crippen LogP contribution in [0.1, 0.15) is 19.3 Å². The average Bonchev–Trinajstić information content (AvgIpc) is 2.32. The van der Waals surface area contributed by atoms with Gasteiger partial charge >= 0.3 is 12.1 Å². The first kappa shape index (κ1) is 15.0. The Bertz CT molecular complexity index is 454. The second-order valence-electron chi connectivity index (χ2n) is 4.94. The van der Waals surface area contributed by atoms with Gasteiger partial charge in [0.2, 0.25) is 0 Å². The molecule has 8 heteroatoms. The lowest BCUT2D eigenvalue weighted by Gasteiger charge is -2.42. The number of aliphatic imine (C=N–C) groups is 1. The van der Waals surface area contributed by atoms with Crippen LogP contribution in [0.15, 0.2) is 16.8 Å². The SMILES string of the molecule is O=C(O)C1=CC(OCC(F)(F)F)C(C2(F)CCC2)C=N1. The predicted octanol–water partition coefficient (Wildman–Crippen LogP) is 2.50. The van der Waals surface area contributed by atoms with Gasteiger partial charge in [0.1, 0.15) is 18.0 Å². The van der Waals surface area contributed by atoms with E-state index in [1.807, 2.05) is 0 Å². The second kappa shape index (κ2) is 5.16. The maximum atomic E-state index is 14.4. The van der Waals surface area contributed by atoms with Crippen LogP contribution in [0.4, 0.5) is 17.6 Å². The molecule has 2 unspecified atom stereocenters. The summed E-state index contributed by atoms with van der Waals surface area (Å²) in [6.45, 7) is -1.55. The van der Waals surface area contributed by atoms with Gasteiger partial charge in [-0.3, -0.25) is 4.99 Å². The molecule has 1 aliphatic carbocycles. The number of alkyl halides is 4. The second-order valence-corrected chi connectivity index (χ2v) is 4.94. The molecule has 1 saturated carbocycles. The van der Waals surface area contributed by atoms with Gasteiger partial charge in [0.15, 0.2) is 0 Å². The number of aliphatic carboxylic acids is 1. The number of hydrogen-bond donors (Lipinski definition) is 1. The maximum absolute atomic E-state index is 14.4. The van der Waals surface area contributed by atoms with Crippen molar-refractivity contribution in [3.8, 4) is 0 Å². The van der Waals surface area contributed by atoms with Crippen LogP contribution in [-0.4, -0.2) is 41.8 Å². The molecule has 112 valence electrons. The molecule has 0 aromatic rings. The van der Waals surface area contributed by atoms with E-state index in [-0.39, 0.29) is 12.8 Å². The van der Waals surface area contributed by atoms with Gasteiger partial charge in [-0.05, 0) is 25.3 Å². The highest BCUT2D eigenvalue weighted by Gasteiger charge is 2.49. The van der Waals surface area contributed by atoms with Crippen molar-refractivity contribution >= 4 is 12.2 Å². The number of hydrogen-bond acceptors (Lipinski definition) is 3. The van der Waals surface area contributed by atoms with Gasteiger partial charge in [-0.15, -0.1) is 0 Å². The molecule has 0 aromatic heterocycles. The zero-order valence-electron chi connectivity index (χ0n) is 10.4. The minimum absolute atomic E-state index is 0.214. The van der Waals surface area contributed by atoms with E-state index in [1.54, 1.807) is 0 Å². The summed E-state index contributed by atoms with van der Waals surface area (Å²) in [5.41, 5.74) is -2.10. The third-order valence-corrected chi connectivity index (χ3v) is 3.49. The zero-order chi connectivity index (χ0) is 15.0. The molecule has 1 N–H and O–H groups in total. The highest BCUT2D eigenvalue weighted by Crippen LogP contribution is 2.45. The minimum atomic E-state index is -4.56. The van der Waals surface area contributed by atoms with Crippen LogP contribution in [0.2, 0.25) is 0 Å². The summed E-state index contributed by atoms with van der Waals surface area (Å²) < 4.78 is 55.6. The molecule has 0 saturated heterocycles. The smallest absolute Gasteiger partial charge is 0.411 e. The van der Waals surface area contributed by atoms with E-state index in [1.165, 1.54) is 0 Å². The summed E-state index contributed by atoms with van der Waals surface area (Å²) in [5, 5.41) is 8.79. The number of carboxylic acids is 1. The summed E-state index contributed by atoms with van der Waals surface area (Å²) in [6, 6.07) is 0. The third-order valence-electron chi connectivity index (χ3n) is 3.49. The number of halogens is 4. The Balaban J connectivity index is 2.15. The minimum Gasteiger partial charge on any atom is -0.477 e. The van der Waals surface area contributed by atoms with Crippen LogP contribution >= 0.6 is 0 Å². The van der Waals surface area contributed by atoms with E-state index in [9.17, 15) is 22.4 Å². The Morgan fingerprint density at radius 2 is 2.15 bits per heavy atom. The number of rotatable bonds is 4. The lowest BCUT2D eigenvalue weighted by atomic mass is 9.70. The Labute approximate surface area is 112 Å². The first-order valence-electron chi connectivity index (χ1n) is 6.08. The predicted molar refractivity (Wildman–Crippen MR) is 61.2 cm³/mol. The van der Waals surface area contributed by atoms with Crippen LogP contribution in [0.3, 0.4) is 0 Å². The van der Waals surface area contributed by atoms with Gasteiger partial charge in [-0.2, -0.15) is 13.2 Å². The molecule has 0 radical (unpaired) electrons. The van der Waals surface area contributed by atoms with Crippen LogP contribution in [0.25, 0.3) is 0 Å². The first-order valence-corrected chi connectivity index (χ1v) is 6.08. The standard InChI is InChI=1S/C12H13F4NO3/c13-11(2-1-3-11)7-5-17-8(10(18)19)4-9(7)20-6-12(14,15)16/h4-5,7,9H,1-3,6H2,(H,18,19). The molecule has 2 atom stereocenters. The van der Waals surface area contributed by atoms with E-state index in [2.05, 4.69) is 9.73 Å². The molecule has 1 aliphatic heterocycles. The monoisotopic (exact) mass is 295 g/mol. The van der Waals surface area contributed by atoms with E-state index in [0.29, 0.717) is 6.42 Å². The molecule has 20 heavy (non-hydrogen) atoms. The number of nitrogens with zero attached hydrogens (tertiary/aromatic N) is 1. The molecule has 1 fully saturated rings. The fraction of sp³-hybridized carbons (Fsp3) is 0.667. The van der Waals surface area contributed by atoms with E-state index in [4.69, 9.17) is 5.11 Å². The highest BCUT2D eigenvalue weighted by molar-refractivity contribution is 5.89. The molecule has 1 heterocycles. The Kier molecular flexibility index (Phi) is 3.86. The Morgan fingerprint density at radius 3 is 2.60 bits per heavy atom. The summed E-state index contributed by atoms with van der Waals surface area (Å²) in [6.07, 6.45) is -2.76. The fourth-order valence-corrected chi connectivity index (χ4v) is 2.29. The van der Waals surface area contributed by atoms with Crippen LogP contribution in [0, 0.1) is 5.92 Å². The third kappa shape index (κ3) is 3.17. The van der Waals surface area contributed by atoms with E-state index in [0.717, 1.165) is 12.3 Å². The largest absolute Gasteiger partial charge is 0.477 e. The van der Waals surface area contributed by atoms with Crippen LogP contribution in [-0.2, 0) is 9.53 Å². The molecule has 0 amide bonds. The quantitative estimate of drug-likeness (QED) is 0.811.